The number of alkyl halides is 9. The zero-order valence-electron chi connectivity index (χ0n) is 9.89. The topological polar surface area (TPSA) is 27.7 Å². The average molecular weight is 459 g/mol. The van der Waals surface area contributed by atoms with Gasteiger partial charge in [0.15, 0.2) is 0 Å². The number of hydrogen-bond donors (Lipinski definition) is 0. The second kappa shape index (κ2) is 6.37. The van der Waals surface area contributed by atoms with Crippen molar-refractivity contribution in [3.05, 3.63) is 33.9 Å². The Morgan fingerprint density at radius 2 is 0.909 bits per heavy atom. The van der Waals surface area contributed by atoms with Gasteiger partial charge in [0.25, 0.3) is 0 Å². The monoisotopic (exact) mass is 459 g/mol. The summed E-state index contributed by atoms with van der Waals surface area (Å²) in [6.07, 6.45) is -17.5. The summed E-state index contributed by atoms with van der Waals surface area (Å²) in [5, 5.41) is 0. The quantitative estimate of drug-likeness (QED) is 0.504. The van der Waals surface area contributed by atoms with Gasteiger partial charge >= 0.3 is 121 Å². The third kappa shape index (κ3) is 6.53. The van der Waals surface area contributed by atoms with Gasteiger partial charge in [-0.05, 0) is 0 Å². The molecular formula is C9H5F9IO3-. The van der Waals surface area contributed by atoms with E-state index in [4.69, 9.17) is 0 Å². The molecule has 3 nitrogen and oxygen atoms in total. The molecule has 22 heavy (non-hydrogen) atoms. The Balaban J connectivity index is 3.41. The molecule has 0 aliphatic rings. The first kappa shape index (κ1) is 19.2. The second-order valence-electron chi connectivity index (χ2n) is 3.28. The predicted octanol–water partition coefficient (Wildman–Crippen LogP) is 1.37. The summed E-state index contributed by atoms with van der Waals surface area (Å²) >= 11 is -6.99. The third-order valence-electron chi connectivity index (χ3n) is 1.57. The zero-order valence-corrected chi connectivity index (χ0v) is 12.0. The van der Waals surface area contributed by atoms with Gasteiger partial charge in [-0.15, -0.1) is 0 Å². The van der Waals surface area contributed by atoms with Crippen LogP contribution in [0.1, 0.15) is 0 Å². The standard InChI is InChI=1S/C9H5F9IO3/c10-7(11,12)20-19(21-8(13,14)15,22-9(16,17)18)6-4-2-1-3-5-6/h1-5H/q-1. The molecule has 0 atom stereocenters. The molecule has 0 radical (unpaired) electrons. The van der Waals surface area contributed by atoms with Crippen LogP contribution in [0.2, 0.25) is 0 Å². The Kier molecular flexibility index (Phi) is 5.57. The third-order valence-corrected chi connectivity index (χ3v) is 7.05. The van der Waals surface area contributed by atoms with Gasteiger partial charge in [0.05, 0.1) is 0 Å². The molecule has 0 fully saturated rings. The van der Waals surface area contributed by atoms with Crippen molar-refractivity contribution in [1.82, 2.24) is 0 Å². The van der Waals surface area contributed by atoms with Gasteiger partial charge in [0, 0.05) is 0 Å². The molecule has 0 spiro atoms. The van der Waals surface area contributed by atoms with Crippen molar-refractivity contribution in [3.8, 4) is 0 Å². The average Bonchev–Trinajstić information content (AvgIpc) is 2.22. The molecule has 130 valence electrons. The van der Waals surface area contributed by atoms with E-state index in [0.717, 1.165) is 18.2 Å². The van der Waals surface area contributed by atoms with E-state index in [1.807, 2.05) is 0 Å². The van der Waals surface area contributed by atoms with Crippen molar-refractivity contribution in [2.45, 2.75) is 19.1 Å². The summed E-state index contributed by atoms with van der Waals surface area (Å²) < 4.78 is 119. The number of halogens is 10. The first-order valence-electron chi connectivity index (χ1n) is 4.88. The van der Waals surface area contributed by atoms with Gasteiger partial charge in [-0.1, -0.05) is 0 Å². The van der Waals surface area contributed by atoms with E-state index < -0.39 is 42.3 Å². The van der Waals surface area contributed by atoms with Crippen LogP contribution in [0, 0.1) is 3.57 Å². The number of rotatable bonds is 4. The number of benzene rings is 1. The van der Waals surface area contributed by atoms with E-state index in [9.17, 15) is 39.5 Å². The predicted molar refractivity (Wildman–Crippen MR) is 46.6 cm³/mol. The molecule has 0 aliphatic heterocycles. The molecule has 1 aromatic carbocycles. The van der Waals surface area contributed by atoms with Gasteiger partial charge in [-0.2, -0.15) is 0 Å². The Morgan fingerprint density at radius 3 is 1.18 bits per heavy atom. The maximum absolute atomic E-state index is 12.3. The molecule has 1 rings (SSSR count). The molecule has 0 bridgehead atoms. The van der Waals surface area contributed by atoms with E-state index in [-0.39, 0.29) is 0 Å². The molecule has 0 unspecified atom stereocenters. The van der Waals surface area contributed by atoms with Gasteiger partial charge in [-0.3, -0.25) is 0 Å². The summed E-state index contributed by atoms with van der Waals surface area (Å²) in [6.45, 7) is 0. The summed E-state index contributed by atoms with van der Waals surface area (Å²) in [5.74, 6) is 0. The van der Waals surface area contributed by atoms with Crippen LogP contribution in [-0.4, -0.2) is 19.1 Å². The first-order valence-corrected chi connectivity index (χ1v) is 8.60. The van der Waals surface area contributed by atoms with Gasteiger partial charge in [0.2, 0.25) is 0 Å². The molecular weight excluding hydrogens is 454 g/mol. The van der Waals surface area contributed by atoms with Crippen molar-refractivity contribution in [2.24, 2.45) is 0 Å². The molecule has 0 N–H and O–H groups in total. The molecule has 0 saturated carbocycles. The van der Waals surface area contributed by atoms with E-state index in [1.165, 1.54) is 0 Å². The van der Waals surface area contributed by atoms with E-state index >= 15 is 0 Å². The Labute approximate surface area is 122 Å². The minimum atomic E-state index is -6.99. The van der Waals surface area contributed by atoms with Crippen molar-refractivity contribution in [1.29, 1.82) is 0 Å². The Hall–Kier alpha value is -0.800. The molecule has 0 amide bonds. The fraction of sp³-hybridized carbons (Fsp3) is 0.333. The van der Waals surface area contributed by atoms with Crippen LogP contribution >= 0.6 is 0 Å². The second-order valence-corrected chi connectivity index (χ2v) is 8.25. The Bertz CT molecular complexity index is 441. The van der Waals surface area contributed by atoms with Gasteiger partial charge in [-0.25, -0.2) is 0 Å². The van der Waals surface area contributed by atoms with Crippen LogP contribution in [0.4, 0.5) is 39.5 Å². The minimum absolute atomic E-state index is 0.555. The molecule has 0 saturated heterocycles. The van der Waals surface area contributed by atoms with Crippen molar-refractivity contribution < 1.29 is 68.4 Å². The van der Waals surface area contributed by atoms with Crippen LogP contribution in [0.5, 0.6) is 0 Å². The SMILES string of the molecule is FC(F)(F)O[I-](OC(F)(F)F)(OC(F)(F)F)c1ccccc1. The maximum atomic E-state index is 12.3. The van der Waals surface area contributed by atoms with Gasteiger partial charge in [0.1, 0.15) is 0 Å². The Morgan fingerprint density at radius 1 is 0.591 bits per heavy atom. The van der Waals surface area contributed by atoms with E-state index in [1.54, 1.807) is 0 Å². The molecule has 0 aromatic heterocycles. The molecule has 0 heterocycles. The normalized spacial score (nSPS) is 15.0. The van der Waals surface area contributed by atoms with Crippen LogP contribution in [0.25, 0.3) is 0 Å². The fourth-order valence-electron chi connectivity index (χ4n) is 1.10. The summed E-state index contributed by atoms with van der Waals surface area (Å²) in [6, 6.07) is 4.09. The number of hydrogen-bond acceptors (Lipinski definition) is 3. The van der Waals surface area contributed by atoms with Crippen LogP contribution < -0.4 is 19.7 Å². The van der Waals surface area contributed by atoms with Crippen LogP contribution in [-0.2, 0) is 9.20 Å². The molecule has 1 aromatic rings. The van der Waals surface area contributed by atoms with E-state index in [0.29, 0.717) is 12.1 Å². The van der Waals surface area contributed by atoms with Crippen molar-refractivity contribution in [3.63, 3.8) is 0 Å². The van der Waals surface area contributed by atoms with Crippen LogP contribution in [0.3, 0.4) is 0 Å². The summed E-state index contributed by atoms with van der Waals surface area (Å²) in [4.78, 5) is 0. The molecule has 0 aliphatic carbocycles. The van der Waals surface area contributed by atoms with Crippen molar-refractivity contribution >= 4 is 0 Å². The summed E-state index contributed by atoms with van der Waals surface area (Å²) in [5.41, 5.74) is 0. The first-order chi connectivity index (χ1) is 9.73. The zero-order chi connectivity index (χ0) is 17.2. The fourth-order valence-corrected chi connectivity index (χ4v) is 5.40. The van der Waals surface area contributed by atoms with E-state index in [2.05, 4.69) is 9.20 Å². The van der Waals surface area contributed by atoms with Crippen LogP contribution in [0.15, 0.2) is 30.3 Å². The summed E-state index contributed by atoms with van der Waals surface area (Å²) in [7, 11) is 0. The molecule has 13 heteroatoms. The van der Waals surface area contributed by atoms with Crippen molar-refractivity contribution in [2.75, 3.05) is 0 Å². The van der Waals surface area contributed by atoms with Gasteiger partial charge < -0.3 is 0 Å².